The molecule has 0 radical (unpaired) electrons. The molecule has 0 saturated carbocycles. The van der Waals surface area contributed by atoms with Crippen LogP contribution in [-0.2, 0) is 13.0 Å². The van der Waals surface area contributed by atoms with Crippen molar-refractivity contribution in [1.82, 2.24) is 24.4 Å². The third-order valence-corrected chi connectivity index (χ3v) is 7.03. The van der Waals surface area contributed by atoms with Gasteiger partial charge in [0.25, 0.3) is 0 Å². The largest absolute Gasteiger partial charge is 0.338 e. The predicted octanol–water partition coefficient (Wildman–Crippen LogP) is 3.99. The van der Waals surface area contributed by atoms with Crippen molar-refractivity contribution in [2.24, 2.45) is 0 Å². The summed E-state index contributed by atoms with van der Waals surface area (Å²) in [5.41, 5.74) is 5.70. The number of benzene rings is 2. The Morgan fingerprint density at radius 2 is 1.76 bits per heavy atom. The van der Waals surface area contributed by atoms with Gasteiger partial charge in [0.2, 0.25) is 5.95 Å². The lowest BCUT2D eigenvalue weighted by molar-refractivity contribution is 0.247. The number of anilines is 1. The van der Waals surface area contributed by atoms with E-state index in [1.54, 1.807) is 12.1 Å². The molecule has 2 aliphatic rings. The number of hydrogen-bond donors (Lipinski definition) is 0. The van der Waals surface area contributed by atoms with Gasteiger partial charge >= 0.3 is 0 Å². The quantitative estimate of drug-likeness (QED) is 0.456. The standard InChI is InChI=1S/C27H27FN6/c28-22-7-5-20(6-8-22)25-17-21-18-30-27(31-26(21)24-4-2-1-3-23(24)25)34-15-13-32(14-16-34)11-12-33-10-9-29-19-33/h1-10,18-19,25H,11-17H2. The van der Waals surface area contributed by atoms with E-state index < -0.39 is 0 Å². The van der Waals surface area contributed by atoms with Gasteiger partial charge in [0.05, 0.1) is 12.0 Å². The normalized spacial score (nSPS) is 17.9. The molecule has 3 heterocycles. The topological polar surface area (TPSA) is 50.1 Å². The molecule has 2 aromatic carbocycles. The minimum Gasteiger partial charge on any atom is -0.338 e. The van der Waals surface area contributed by atoms with Crippen LogP contribution >= 0.6 is 0 Å². The lowest BCUT2D eigenvalue weighted by Gasteiger charge is -2.35. The molecular weight excluding hydrogens is 427 g/mol. The number of imidazole rings is 1. The van der Waals surface area contributed by atoms with Gasteiger partial charge in [-0.05, 0) is 35.2 Å². The van der Waals surface area contributed by atoms with Crippen molar-refractivity contribution in [2.75, 3.05) is 37.6 Å². The Morgan fingerprint density at radius 3 is 2.56 bits per heavy atom. The number of aromatic nitrogens is 4. The fourth-order valence-corrected chi connectivity index (χ4v) is 5.12. The zero-order valence-electron chi connectivity index (χ0n) is 19.0. The molecule has 1 atom stereocenters. The lowest BCUT2D eigenvalue weighted by atomic mass is 9.78. The molecule has 172 valence electrons. The Morgan fingerprint density at radius 1 is 0.941 bits per heavy atom. The highest BCUT2D eigenvalue weighted by atomic mass is 19.1. The molecule has 0 spiro atoms. The molecule has 1 fully saturated rings. The first-order valence-corrected chi connectivity index (χ1v) is 11.9. The van der Waals surface area contributed by atoms with Crippen LogP contribution < -0.4 is 4.90 Å². The lowest BCUT2D eigenvalue weighted by Crippen LogP contribution is -2.47. The van der Waals surface area contributed by atoms with Crippen LogP contribution in [0.1, 0.15) is 22.6 Å². The van der Waals surface area contributed by atoms with Gasteiger partial charge in [-0.15, -0.1) is 0 Å². The van der Waals surface area contributed by atoms with Crippen molar-refractivity contribution in [2.45, 2.75) is 18.9 Å². The summed E-state index contributed by atoms with van der Waals surface area (Å²) in [6, 6.07) is 15.3. The van der Waals surface area contributed by atoms with Crippen LogP contribution in [0.3, 0.4) is 0 Å². The number of piperazine rings is 1. The molecule has 0 bridgehead atoms. The Bertz CT molecular complexity index is 1260. The minimum absolute atomic E-state index is 0.179. The number of hydrogen-bond acceptors (Lipinski definition) is 5. The van der Waals surface area contributed by atoms with Gasteiger partial charge in [0.15, 0.2) is 0 Å². The highest BCUT2D eigenvalue weighted by molar-refractivity contribution is 5.72. The molecule has 34 heavy (non-hydrogen) atoms. The zero-order valence-corrected chi connectivity index (χ0v) is 19.0. The summed E-state index contributed by atoms with van der Waals surface area (Å²) >= 11 is 0. The predicted molar refractivity (Wildman–Crippen MR) is 130 cm³/mol. The zero-order chi connectivity index (χ0) is 22.9. The molecule has 4 aromatic rings. The van der Waals surface area contributed by atoms with Gasteiger partial charge in [-0.3, -0.25) is 4.90 Å². The molecule has 1 aliphatic carbocycles. The molecule has 2 aromatic heterocycles. The van der Waals surface area contributed by atoms with E-state index in [-0.39, 0.29) is 11.7 Å². The molecule has 6 nitrogen and oxygen atoms in total. The van der Waals surface area contributed by atoms with E-state index in [0.29, 0.717) is 0 Å². The summed E-state index contributed by atoms with van der Waals surface area (Å²) < 4.78 is 15.6. The third kappa shape index (κ3) is 4.07. The fraction of sp³-hybridized carbons (Fsp3) is 0.296. The summed E-state index contributed by atoms with van der Waals surface area (Å²) in [5, 5.41) is 0. The molecule has 1 saturated heterocycles. The average Bonchev–Trinajstić information content (AvgIpc) is 3.41. The number of fused-ring (bicyclic) bond motifs is 3. The Balaban J connectivity index is 1.20. The van der Waals surface area contributed by atoms with E-state index in [4.69, 9.17) is 9.97 Å². The average molecular weight is 455 g/mol. The van der Waals surface area contributed by atoms with E-state index >= 15 is 0 Å². The second-order valence-corrected chi connectivity index (χ2v) is 9.07. The maximum Gasteiger partial charge on any atom is 0.225 e. The summed E-state index contributed by atoms with van der Waals surface area (Å²) in [7, 11) is 0. The van der Waals surface area contributed by atoms with Crippen LogP contribution in [0.5, 0.6) is 0 Å². The van der Waals surface area contributed by atoms with E-state index in [1.165, 1.54) is 5.56 Å². The van der Waals surface area contributed by atoms with E-state index in [1.807, 2.05) is 37.1 Å². The summed E-state index contributed by atoms with van der Waals surface area (Å²) in [5.74, 6) is 0.781. The molecule has 1 unspecified atom stereocenters. The summed E-state index contributed by atoms with van der Waals surface area (Å²) in [6.45, 7) is 5.82. The Hall–Kier alpha value is -3.58. The number of rotatable bonds is 5. The van der Waals surface area contributed by atoms with Gasteiger partial charge in [0.1, 0.15) is 5.82 Å². The van der Waals surface area contributed by atoms with Crippen LogP contribution in [0, 0.1) is 5.82 Å². The SMILES string of the molecule is Fc1ccc(C2Cc3cnc(N4CCN(CCn5ccnc5)CC4)nc3-c3ccccc32)cc1. The maximum atomic E-state index is 13.5. The van der Waals surface area contributed by atoms with Crippen LogP contribution in [0.25, 0.3) is 11.3 Å². The second kappa shape index (κ2) is 8.99. The first-order valence-electron chi connectivity index (χ1n) is 11.9. The van der Waals surface area contributed by atoms with E-state index in [9.17, 15) is 4.39 Å². The van der Waals surface area contributed by atoms with Gasteiger partial charge < -0.3 is 9.47 Å². The maximum absolute atomic E-state index is 13.5. The van der Waals surface area contributed by atoms with E-state index in [2.05, 4.69) is 43.6 Å². The molecule has 0 N–H and O–H groups in total. The summed E-state index contributed by atoms with van der Waals surface area (Å²) in [4.78, 5) is 18.7. The van der Waals surface area contributed by atoms with Crippen molar-refractivity contribution in [3.8, 4) is 11.3 Å². The van der Waals surface area contributed by atoms with Crippen LogP contribution in [0.4, 0.5) is 10.3 Å². The van der Waals surface area contributed by atoms with Crippen LogP contribution in [0.2, 0.25) is 0 Å². The number of halogens is 1. The molecular formula is C27H27FN6. The number of nitrogens with zero attached hydrogens (tertiary/aromatic N) is 6. The molecule has 0 amide bonds. The summed E-state index contributed by atoms with van der Waals surface area (Å²) in [6.07, 6.45) is 8.52. The smallest absolute Gasteiger partial charge is 0.225 e. The highest BCUT2D eigenvalue weighted by Crippen LogP contribution is 2.42. The monoisotopic (exact) mass is 454 g/mol. The van der Waals surface area contributed by atoms with Crippen molar-refractivity contribution < 1.29 is 4.39 Å². The van der Waals surface area contributed by atoms with Gasteiger partial charge in [-0.25, -0.2) is 19.3 Å². The van der Waals surface area contributed by atoms with Crippen molar-refractivity contribution in [3.63, 3.8) is 0 Å². The first-order chi connectivity index (χ1) is 16.7. The van der Waals surface area contributed by atoms with Crippen molar-refractivity contribution in [1.29, 1.82) is 0 Å². The molecule has 6 rings (SSSR count). The molecule has 1 aliphatic heterocycles. The van der Waals surface area contributed by atoms with Gasteiger partial charge in [0, 0.05) is 69.3 Å². The fourth-order valence-electron chi connectivity index (χ4n) is 5.12. The Labute approximate surface area is 198 Å². The van der Waals surface area contributed by atoms with Gasteiger partial charge in [-0.2, -0.15) is 0 Å². The third-order valence-electron chi connectivity index (χ3n) is 7.03. The van der Waals surface area contributed by atoms with Crippen LogP contribution in [-0.4, -0.2) is 57.1 Å². The molecule has 7 heteroatoms. The van der Waals surface area contributed by atoms with Crippen LogP contribution in [0.15, 0.2) is 73.4 Å². The minimum atomic E-state index is -0.206. The van der Waals surface area contributed by atoms with E-state index in [0.717, 1.165) is 74.0 Å². The second-order valence-electron chi connectivity index (χ2n) is 9.07. The Kier molecular flexibility index (Phi) is 5.55. The van der Waals surface area contributed by atoms with Crippen molar-refractivity contribution in [3.05, 3.63) is 96.0 Å². The highest BCUT2D eigenvalue weighted by Gasteiger charge is 2.28. The van der Waals surface area contributed by atoms with Gasteiger partial charge in [-0.1, -0.05) is 36.4 Å². The van der Waals surface area contributed by atoms with Crippen molar-refractivity contribution >= 4 is 5.95 Å². The first kappa shape index (κ1) is 21.0.